The third kappa shape index (κ3) is 3.41. The Morgan fingerprint density at radius 3 is 2.91 bits per heavy atom. The third-order valence-corrected chi connectivity index (χ3v) is 4.10. The lowest BCUT2D eigenvalue weighted by atomic mass is 10.2. The van der Waals surface area contributed by atoms with Gasteiger partial charge in [-0.3, -0.25) is 9.36 Å². The zero-order valence-corrected chi connectivity index (χ0v) is 12.7. The highest BCUT2D eigenvalue weighted by Gasteiger charge is 2.10. The molecule has 0 saturated heterocycles. The van der Waals surface area contributed by atoms with Gasteiger partial charge in [-0.15, -0.1) is 11.3 Å². The van der Waals surface area contributed by atoms with E-state index in [1.807, 2.05) is 35.7 Å². The van der Waals surface area contributed by atoms with E-state index in [1.165, 1.54) is 22.2 Å². The second kappa shape index (κ2) is 6.83. The van der Waals surface area contributed by atoms with Gasteiger partial charge in [-0.25, -0.2) is 4.98 Å². The van der Waals surface area contributed by atoms with Crippen molar-refractivity contribution in [2.75, 3.05) is 6.61 Å². The molecule has 2 aromatic heterocycles. The van der Waals surface area contributed by atoms with Gasteiger partial charge in [-0.05, 0) is 17.0 Å². The second-order valence-corrected chi connectivity index (χ2v) is 5.89. The normalized spacial score (nSPS) is 12.6. The summed E-state index contributed by atoms with van der Waals surface area (Å²) in [6.45, 7) is 0.782. The minimum absolute atomic E-state index is 0.131. The number of rotatable bonds is 6. The number of aliphatic hydroxyl groups excluding tert-OH is 1. The molecular weight excluding hydrogens is 300 g/mol. The second-order valence-electron chi connectivity index (χ2n) is 5.00. The highest BCUT2D eigenvalue weighted by Crippen LogP contribution is 2.13. The topological polar surface area (TPSA) is 64.4 Å². The molecule has 5 nitrogen and oxygen atoms in total. The molecule has 0 bridgehead atoms. The summed E-state index contributed by atoms with van der Waals surface area (Å²) in [4.78, 5) is 17.1. The van der Waals surface area contributed by atoms with Crippen LogP contribution in [0.25, 0.3) is 10.2 Å². The number of aromatic nitrogens is 2. The number of fused-ring (bicyclic) bond motifs is 1. The molecule has 1 N–H and O–H groups in total. The van der Waals surface area contributed by atoms with E-state index in [-0.39, 0.29) is 18.7 Å². The summed E-state index contributed by atoms with van der Waals surface area (Å²) < 4.78 is 6.90. The first kappa shape index (κ1) is 14.9. The van der Waals surface area contributed by atoms with Crippen LogP contribution < -0.4 is 5.56 Å². The Balaban J connectivity index is 1.57. The van der Waals surface area contributed by atoms with Crippen LogP contribution in [0.1, 0.15) is 5.56 Å². The minimum atomic E-state index is -0.751. The molecule has 1 aromatic carbocycles. The number of hydrogen-bond acceptors (Lipinski definition) is 5. The van der Waals surface area contributed by atoms with Crippen LogP contribution in [0.5, 0.6) is 0 Å². The Bertz CT molecular complexity index is 798. The van der Waals surface area contributed by atoms with Gasteiger partial charge in [0.15, 0.2) is 0 Å². The number of nitrogens with zero attached hydrogens (tertiary/aromatic N) is 2. The largest absolute Gasteiger partial charge is 0.389 e. The predicted octanol–water partition coefficient (Wildman–Crippen LogP) is 2.04. The predicted molar refractivity (Wildman–Crippen MR) is 86.0 cm³/mol. The summed E-state index contributed by atoms with van der Waals surface area (Å²) in [5.41, 5.74) is 0.918. The van der Waals surface area contributed by atoms with Crippen molar-refractivity contribution in [1.29, 1.82) is 0 Å². The number of thiophene rings is 1. The fourth-order valence-electron chi connectivity index (χ4n) is 2.19. The van der Waals surface area contributed by atoms with E-state index >= 15 is 0 Å². The first-order valence-corrected chi connectivity index (χ1v) is 7.84. The zero-order chi connectivity index (χ0) is 15.4. The van der Waals surface area contributed by atoms with Crippen LogP contribution in [0.3, 0.4) is 0 Å². The number of aliphatic hydroxyl groups is 1. The molecule has 0 spiro atoms. The van der Waals surface area contributed by atoms with Gasteiger partial charge in [0.1, 0.15) is 4.83 Å². The van der Waals surface area contributed by atoms with Crippen LogP contribution >= 0.6 is 11.3 Å². The monoisotopic (exact) mass is 316 g/mol. The maximum atomic E-state index is 12.2. The van der Waals surface area contributed by atoms with Gasteiger partial charge in [0.05, 0.1) is 37.6 Å². The molecule has 0 radical (unpaired) electrons. The molecule has 0 fully saturated rings. The lowest BCUT2D eigenvalue weighted by molar-refractivity contribution is 0.0198. The molecule has 3 rings (SSSR count). The van der Waals surface area contributed by atoms with E-state index in [0.29, 0.717) is 12.0 Å². The SMILES string of the molecule is O=c1c2ccsc2ncn1CC(O)COCc1ccccc1. The van der Waals surface area contributed by atoms with Crippen molar-refractivity contribution >= 4 is 21.6 Å². The summed E-state index contributed by atoms with van der Waals surface area (Å²) >= 11 is 1.43. The van der Waals surface area contributed by atoms with Gasteiger partial charge in [-0.1, -0.05) is 30.3 Å². The maximum absolute atomic E-state index is 12.2. The quantitative estimate of drug-likeness (QED) is 0.756. The van der Waals surface area contributed by atoms with Gasteiger partial charge in [0.25, 0.3) is 5.56 Å². The van der Waals surface area contributed by atoms with Crippen LogP contribution in [0.2, 0.25) is 0 Å². The first-order valence-electron chi connectivity index (χ1n) is 6.96. The van der Waals surface area contributed by atoms with Crippen molar-refractivity contribution in [2.45, 2.75) is 19.3 Å². The van der Waals surface area contributed by atoms with Crippen molar-refractivity contribution in [3.63, 3.8) is 0 Å². The van der Waals surface area contributed by atoms with Crippen LogP contribution in [-0.4, -0.2) is 27.4 Å². The molecule has 1 unspecified atom stereocenters. The fourth-order valence-corrected chi connectivity index (χ4v) is 2.91. The van der Waals surface area contributed by atoms with E-state index in [2.05, 4.69) is 4.98 Å². The van der Waals surface area contributed by atoms with Crippen molar-refractivity contribution < 1.29 is 9.84 Å². The maximum Gasteiger partial charge on any atom is 0.262 e. The fraction of sp³-hybridized carbons (Fsp3) is 0.250. The van der Waals surface area contributed by atoms with Crippen LogP contribution in [0.15, 0.2) is 52.9 Å². The summed E-state index contributed by atoms with van der Waals surface area (Å²) in [5.74, 6) is 0. The molecule has 3 aromatic rings. The number of ether oxygens (including phenoxy) is 1. The van der Waals surface area contributed by atoms with Crippen molar-refractivity contribution in [1.82, 2.24) is 9.55 Å². The van der Waals surface area contributed by atoms with Crippen LogP contribution in [-0.2, 0) is 17.9 Å². The Morgan fingerprint density at radius 1 is 1.27 bits per heavy atom. The third-order valence-electron chi connectivity index (χ3n) is 3.28. The van der Waals surface area contributed by atoms with E-state index in [0.717, 1.165) is 10.4 Å². The van der Waals surface area contributed by atoms with Gasteiger partial charge in [0.2, 0.25) is 0 Å². The Labute approximate surface area is 131 Å². The Hall–Kier alpha value is -2.02. The lowest BCUT2D eigenvalue weighted by Gasteiger charge is -2.13. The molecule has 0 amide bonds. The molecule has 0 aliphatic rings. The average molecular weight is 316 g/mol. The van der Waals surface area contributed by atoms with E-state index in [1.54, 1.807) is 6.07 Å². The lowest BCUT2D eigenvalue weighted by Crippen LogP contribution is -2.29. The van der Waals surface area contributed by atoms with Gasteiger partial charge >= 0.3 is 0 Å². The van der Waals surface area contributed by atoms with Crippen molar-refractivity contribution in [2.24, 2.45) is 0 Å². The molecule has 0 aliphatic carbocycles. The zero-order valence-electron chi connectivity index (χ0n) is 11.9. The minimum Gasteiger partial charge on any atom is -0.389 e. The summed E-state index contributed by atoms with van der Waals surface area (Å²) in [6, 6.07) is 11.5. The van der Waals surface area contributed by atoms with E-state index in [4.69, 9.17) is 4.74 Å². The smallest absolute Gasteiger partial charge is 0.262 e. The highest BCUT2D eigenvalue weighted by molar-refractivity contribution is 7.16. The molecule has 6 heteroatoms. The molecule has 0 aliphatic heterocycles. The van der Waals surface area contributed by atoms with Crippen LogP contribution in [0.4, 0.5) is 0 Å². The molecule has 22 heavy (non-hydrogen) atoms. The summed E-state index contributed by atoms with van der Waals surface area (Å²) in [6.07, 6.45) is 0.723. The molecule has 0 saturated carbocycles. The summed E-state index contributed by atoms with van der Waals surface area (Å²) in [7, 11) is 0. The highest BCUT2D eigenvalue weighted by atomic mass is 32.1. The van der Waals surface area contributed by atoms with E-state index in [9.17, 15) is 9.90 Å². The van der Waals surface area contributed by atoms with Crippen molar-refractivity contribution in [3.05, 3.63) is 64.0 Å². The average Bonchev–Trinajstić information content (AvgIpc) is 3.01. The Kier molecular flexibility index (Phi) is 4.62. The Morgan fingerprint density at radius 2 is 2.09 bits per heavy atom. The molecule has 114 valence electrons. The van der Waals surface area contributed by atoms with Crippen LogP contribution in [0, 0.1) is 0 Å². The van der Waals surface area contributed by atoms with E-state index < -0.39 is 6.10 Å². The van der Waals surface area contributed by atoms with Gasteiger partial charge in [0, 0.05) is 0 Å². The molecular formula is C16H16N2O3S. The van der Waals surface area contributed by atoms with Crippen molar-refractivity contribution in [3.8, 4) is 0 Å². The molecule has 2 heterocycles. The summed E-state index contributed by atoms with van der Waals surface area (Å²) in [5, 5.41) is 12.4. The first-order chi connectivity index (χ1) is 10.7. The number of benzene rings is 1. The standard InChI is InChI=1S/C16H16N2O3S/c19-13(10-21-9-12-4-2-1-3-5-12)8-18-11-17-15-14(16(18)20)6-7-22-15/h1-7,11,13,19H,8-10H2. The van der Waals surface area contributed by atoms with Gasteiger partial charge < -0.3 is 9.84 Å². The van der Waals surface area contributed by atoms with Gasteiger partial charge in [-0.2, -0.15) is 0 Å². The molecule has 1 atom stereocenters. The number of hydrogen-bond donors (Lipinski definition) is 1.